The Balaban J connectivity index is 1.89. The van der Waals surface area contributed by atoms with Crippen LogP contribution in [0, 0.1) is 5.92 Å². The molecular weight excluding hydrogens is 290 g/mol. The first kappa shape index (κ1) is 15.6. The average molecular weight is 308 g/mol. The van der Waals surface area contributed by atoms with Crippen molar-refractivity contribution >= 4 is 29.6 Å². The van der Waals surface area contributed by atoms with E-state index in [1.807, 2.05) is 12.1 Å². The number of carbonyl (C=O) groups is 2. The minimum Gasteiger partial charge on any atom is -0.469 e. The van der Waals surface area contributed by atoms with Crippen molar-refractivity contribution in [1.82, 2.24) is 4.90 Å². The van der Waals surface area contributed by atoms with Gasteiger partial charge in [0.15, 0.2) is 0 Å². The van der Waals surface area contributed by atoms with E-state index in [9.17, 15) is 9.59 Å². The Hall–Kier alpha value is -1.81. The van der Waals surface area contributed by atoms with Gasteiger partial charge in [0.05, 0.1) is 13.0 Å². The van der Waals surface area contributed by atoms with Gasteiger partial charge in [-0.2, -0.15) is 0 Å². The molecule has 4 nitrogen and oxygen atoms in total. The van der Waals surface area contributed by atoms with Crippen LogP contribution >= 0.6 is 11.6 Å². The van der Waals surface area contributed by atoms with Crippen molar-refractivity contribution < 1.29 is 14.3 Å². The van der Waals surface area contributed by atoms with Crippen LogP contribution in [-0.4, -0.2) is 37.0 Å². The van der Waals surface area contributed by atoms with Crippen molar-refractivity contribution in [2.45, 2.75) is 12.8 Å². The zero-order chi connectivity index (χ0) is 15.2. The number of hydrogen-bond acceptors (Lipinski definition) is 3. The SMILES string of the molecule is COC(=O)C1CCN(C(=O)C=Cc2cccc(Cl)c2)CC1. The van der Waals surface area contributed by atoms with Gasteiger partial charge in [-0.25, -0.2) is 0 Å². The number of carbonyl (C=O) groups excluding carboxylic acids is 2. The van der Waals surface area contributed by atoms with E-state index in [2.05, 4.69) is 0 Å². The van der Waals surface area contributed by atoms with E-state index in [0.717, 1.165) is 5.56 Å². The van der Waals surface area contributed by atoms with E-state index in [1.54, 1.807) is 29.2 Å². The fourth-order valence-corrected chi connectivity index (χ4v) is 2.58. The molecule has 0 unspecified atom stereocenters. The van der Waals surface area contributed by atoms with Crippen molar-refractivity contribution in [3.8, 4) is 0 Å². The lowest BCUT2D eigenvalue weighted by Gasteiger charge is -2.29. The van der Waals surface area contributed by atoms with Crippen LogP contribution in [0.5, 0.6) is 0 Å². The molecule has 1 aliphatic rings. The predicted octanol–water partition coefficient (Wildman–Crippen LogP) is 2.76. The summed E-state index contributed by atoms with van der Waals surface area (Å²) in [6.45, 7) is 1.16. The van der Waals surface area contributed by atoms with Crippen LogP contribution in [0.3, 0.4) is 0 Å². The van der Waals surface area contributed by atoms with Crippen LogP contribution in [0.4, 0.5) is 0 Å². The molecule has 0 radical (unpaired) electrons. The molecule has 0 aromatic heterocycles. The van der Waals surface area contributed by atoms with Crippen molar-refractivity contribution in [3.63, 3.8) is 0 Å². The topological polar surface area (TPSA) is 46.6 Å². The lowest BCUT2D eigenvalue weighted by molar-refractivity contribution is -0.148. The van der Waals surface area contributed by atoms with Gasteiger partial charge in [-0.15, -0.1) is 0 Å². The quantitative estimate of drug-likeness (QED) is 0.637. The summed E-state index contributed by atoms with van der Waals surface area (Å²) in [5.41, 5.74) is 0.889. The van der Waals surface area contributed by atoms with Crippen molar-refractivity contribution in [3.05, 3.63) is 40.9 Å². The standard InChI is InChI=1S/C16H18ClNO3/c1-21-16(20)13-7-9-18(10-8-13)15(19)6-5-12-3-2-4-14(17)11-12/h2-6,11,13H,7-10H2,1H3. The zero-order valence-electron chi connectivity index (χ0n) is 11.9. The number of nitrogens with zero attached hydrogens (tertiary/aromatic N) is 1. The van der Waals surface area contributed by atoms with Crippen LogP contribution in [0.25, 0.3) is 6.08 Å². The maximum Gasteiger partial charge on any atom is 0.308 e. The van der Waals surface area contributed by atoms with Gasteiger partial charge in [0.1, 0.15) is 0 Å². The number of piperidine rings is 1. The molecule has 5 heteroatoms. The Kier molecular flexibility index (Phi) is 5.39. The third kappa shape index (κ3) is 4.33. The minimum absolute atomic E-state index is 0.0432. The minimum atomic E-state index is -0.184. The highest BCUT2D eigenvalue weighted by atomic mass is 35.5. The fraction of sp³-hybridized carbons (Fsp3) is 0.375. The van der Waals surface area contributed by atoms with Crippen molar-refractivity contribution in [2.24, 2.45) is 5.92 Å². The summed E-state index contributed by atoms with van der Waals surface area (Å²) in [7, 11) is 1.40. The van der Waals surface area contributed by atoms with E-state index in [-0.39, 0.29) is 17.8 Å². The van der Waals surface area contributed by atoms with Gasteiger partial charge in [0.2, 0.25) is 5.91 Å². The molecule has 0 aliphatic carbocycles. The summed E-state index contributed by atoms with van der Waals surface area (Å²) >= 11 is 5.90. The maximum absolute atomic E-state index is 12.1. The van der Waals surface area contributed by atoms with E-state index in [0.29, 0.717) is 31.0 Å². The molecule has 1 saturated heterocycles. The molecule has 1 aromatic carbocycles. The Bertz CT molecular complexity index is 548. The van der Waals surface area contributed by atoms with Gasteiger partial charge < -0.3 is 9.64 Å². The Labute approximate surface area is 129 Å². The van der Waals surface area contributed by atoms with Gasteiger partial charge in [-0.1, -0.05) is 23.7 Å². The fourth-order valence-electron chi connectivity index (χ4n) is 2.39. The second kappa shape index (κ2) is 7.27. The van der Waals surface area contributed by atoms with Crippen LogP contribution in [-0.2, 0) is 14.3 Å². The summed E-state index contributed by atoms with van der Waals surface area (Å²) in [4.78, 5) is 25.3. The molecule has 1 fully saturated rings. The molecule has 0 spiro atoms. The van der Waals surface area contributed by atoms with E-state index >= 15 is 0 Å². The first-order valence-electron chi connectivity index (χ1n) is 6.90. The summed E-state index contributed by atoms with van der Waals surface area (Å²) in [5.74, 6) is -0.314. The first-order chi connectivity index (χ1) is 10.1. The smallest absolute Gasteiger partial charge is 0.308 e. The molecule has 0 atom stereocenters. The normalized spacial score (nSPS) is 16.2. The van der Waals surface area contributed by atoms with Crippen LogP contribution in [0.15, 0.2) is 30.3 Å². The summed E-state index contributed by atoms with van der Waals surface area (Å²) < 4.78 is 4.73. The molecule has 0 bridgehead atoms. The van der Waals surface area contributed by atoms with Crippen LogP contribution in [0.1, 0.15) is 18.4 Å². The molecular formula is C16H18ClNO3. The molecule has 112 valence electrons. The predicted molar refractivity (Wildman–Crippen MR) is 81.8 cm³/mol. The van der Waals surface area contributed by atoms with Gasteiger partial charge in [0, 0.05) is 24.2 Å². The zero-order valence-corrected chi connectivity index (χ0v) is 12.7. The highest BCUT2D eigenvalue weighted by Gasteiger charge is 2.26. The molecule has 0 saturated carbocycles. The van der Waals surface area contributed by atoms with E-state index in [1.165, 1.54) is 7.11 Å². The Morgan fingerprint density at radius 2 is 2.05 bits per heavy atom. The molecule has 1 aliphatic heterocycles. The van der Waals surface area contributed by atoms with Gasteiger partial charge in [0.25, 0.3) is 0 Å². The van der Waals surface area contributed by atoms with Crippen molar-refractivity contribution in [2.75, 3.05) is 20.2 Å². The highest BCUT2D eigenvalue weighted by molar-refractivity contribution is 6.30. The first-order valence-corrected chi connectivity index (χ1v) is 7.28. The highest BCUT2D eigenvalue weighted by Crippen LogP contribution is 2.19. The monoisotopic (exact) mass is 307 g/mol. The van der Waals surface area contributed by atoms with Gasteiger partial charge in [-0.05, 0) is 36.6 Å². The number of rotatable bonds is 3. The third-order valence-corrected chi connectivity index (χ3v) is 3.84. The number of amides is 1. The maximum atomic E-state index is 12.1. The Morgan fingerprint density at radius 3 is 2.67 bits per heavy atom. The molecule has 2 rings (SSSR count). The van der Waals surface area contributed by atoms with Gasteiger partial charge >= 0.3 is 5.97 Å². The number of esters is 1. The number of methoxy groups -OCH3 is 1. The van der Waals surface area contributed by atoms with E-state index in [4.69, 9.17) is 16.3 Å². The summed E-state index contributed by atoms with van der Waals surface area (Å²) in [6, 6.07) is 7.32. The lowest BCUT2D eigenvalue weighted by Crippen LogP contribution is -2.39. The molecule has 1 aromatic rings. The number of halogens is 1. The van der Waals surface area contributed by atoms with Gasteiger partial charge in [-0.3, -0.25) is 9.59 Å². The summed E-state index contributed by atoms with van der Waals surface area (Å²) in [6.07, 6.45) is 4.61. The molecule has 21 heavy (non-hydrogen) atoms. The molecule has 0 N–H and O–H groups in total. The second-order valence-electron chi connectivity index (χ2n) is 5.01. The largest absolute Gasteiger partial charge is 0.469 e. The molecule has 1 heterocycles. The Morgan fingerprint density at radius 1 is 1.33 bits per heavy atom. The molecule has 1 amide bonds. The number of hydrogen-bond donors (Lipinski definition) is 0. The summed E-state index contributed by atoms with van der Waals surface area (Å²) in [5, 5.41) is 0.642. The van der Waals surface area contributed by atoms with Crippen LogP contribution < -0.4 is 0 Å². The third-order valence-electron chi connectivity index (χ3n) is 3.61. The lowest BCUT2D eigenvalue weighted by atomic mass is 9.97. The van der Waals surface area contributed by atoms with E-state index < -0.39 is 0 Å². The second-order valence-corrected chi connectivity index (χ2v) is 5.45. The van der Waals surface area contributed by atoms with Crippen molar-refractivity contribution in [1.29, 1.82) is 0 Å². The number of ether oxygens (including phenoxy) is 1. The van der Waals surface area contributed by atoms with Crippen LogP contribution in [0.2, 0.25) is 5.02 Å². The number of benzene rings is 1. The average Bonchev–Trinajstić information content (AvgIpc) is 2.52. The number of likely N-dealkylation sites (tertiary alicyclic amines) is 1.